The molecule has 4 heteroatoms. The molecule has 0 saturated carbocycles. The largest absolute Gasteiger partial charge is 0.493 e. The zero-order valence-corrected chi connectivity index (χ0v) is 12.3. The number of hydrogen-bond donors (Lipinski definition) is 1. The molecule has 0 aliphatic heterocycles. The molecule has 0 unspecified atom stereocenters. The van der Waals surface area contributed by atoms with E-state index in [0.29, 0.717) is 11.5 Å². The van der Waals surface area contributed by atoms with Crippen LogP contribution in [0.5, 0.6) is 11.5 Å². The van der Waals surface area contributed by atoms with E-state index in [2.05, 4.69) is 17.4 Å². The van der Waals surface area contributed by atoms with Crippen molar-refractivity contribution in [2.45, 2.75) is 20.0 Å². The van der Waals surface area contributed by atoms with Gasteiger partial charge in [-0.1, -0.05) is 30.3 Å². The maximum atomic E-state index is 11.1. The van der Waals surface area contributed by atoms with Crippen molar-refractivity contribution in [2.75, 3.05) is 7.11 Å². The predicted molar refractivity (Wildman–Crippen MR) is 80.1 cm³/mol. The van der Waals surface area contributed by atoms with Crippen LogP contribution in [0.2, 0.25) is 0 Å². The van der Waals surface area contributed by atoms with Crippen LogP contribution in [0.4, 0.5) is 0 Å². The highest BCUT2D eigenvalue weighted by Gasteiger charge is 2.09. The Kier molecular flexibility index (Phi) is 5.35. The molecule has 0 fully saturated rings. The first-order valence-corrected chi connectivity index (χ1v) is 6.90. The molecule has 0 aromatic heterocycles. The Morgan fingerprint density at radius 3 is 2.38 bits per heavy atom. The molecule has 110 valence electrons. The van der Waals surface area contributed by atoms with Crippen molar-refractivity contribution >= 4 is 5.97 Å². The van der Waals surface area contributed by atoms with Crippen LogP contribution in [0.1, 0.15) is 18.1 Å². The second-order valence-electron chi connectivity index (χ2n) is 4.76. The molecular formula is C17H20NO3+. The molecule has 2 aromatic carbocycles. The lowest BCUT2D eigenvalue weighted by atomic mass is 10.2. The fourth-order valence-electron chi connectivity index (χ4n) is 2.10. The van der Waals surface area contributed by atoms with Gasteiger partial charge in [0.15, 0.2) is 11.5 Å². The topological polar surface area (TPSA) is 52.1 Å². The number of carbonyl (C=O) groups is 1. The number of benzene rings is 2. The molecule has 0 amide bonds. The first kappa shape index (κ1) is 15.1. The highest BCUT2D eigenvalue weighted by atomic mass is 16.6. The fourth-order valence-corrected chi connectivity index (χ4v) is 2.10. The van der Waals surface area contributed by atoms with Crippen LogP contribution in [0.25, 0.3) is 0 Å². The molecule has 0 aliphatic rings. The standard InChI is InChI=1S/C17H19NO3/c1-13(19)21-17-10-15(8-9-16(17)20-2)12-18-11-14-6-4-3-5-7-14/h3-10,18H,11-12H2,1-2H3/p+1. The number of carbonyl (C=O) groups excluding carboxylic acids is 1. The van der Waals surface area contributed by atoms with E-state index in [1.54, 1.807) is 7.11 Å². The lowest BCUT2D eigenvalue weighted by Gasteiger charge is -2.09. The van der Waals surface area contributed by atoms with Crippen LogP contribution in [-0.4, -0.2) is 13.1 Å². The second kappa shape index (κ2) is 7.45. The molecule has 0 saturated heterocycles. The van der Waals surface area contributed by atoms with Crippen molar-refractivity contribution in [1.29, 1.82) is 0 Å². The van der Waals surface area contributed by atoms with E-state index in [1.807, 2.05) is 36.4 Å². The molecule has 4 nitrogen and oxygen atoms in total. The summed E-state index contributed by atoms with van der Waals surface area (Å²) in [6.45, 7) is 3.11. The average molecular weight is 286 g/mol. The quantitative estimate of drug-likeness (QED) is 0.651. The molecule has 0 bridgehead atoms. The summed E-state index contributed by atoms with van der Waals surface area (Å²) in [5, 5.41) is 2.20. The second-order valence-corrected chi connectivity index (χ2v) is 4.76. The van der Waals surface area contributed by atoms with Gasteiger partial charge in [0.25, 0.3) is 0 Å². The highest BCUT2D eigenvalue weighted by Crippen LogP contribution is 2.27. The van der Waals surface area contributed by atoms with Crippen molar-refractivity contribution < 1.29 is 19.6 Å². The van der Waals surface area contributed by atoms with E-state index >= 15 is 0 Å². The number of hydrogen-bond acceptors (Lipinski definition) is 3. The van der Waals surface area contributed by atoms with Gasteiger partial charge in [-0.25, -0.2) is 0 Å². The molecule has 0 atom stereocenters. The Bertz CT molecular complexity index is 596. The van der Waals surface area contributed by atoms with Crippen molar-refractivity contribution in [3.63, 3.8) is 0 Å². The minimum atomic E-state index is -0.348. The summed E-state index contributed by atoms with van der Waals surface area (Å²) >= 11 is 0. The molecule has 2 rings (SSSR count). The normalized spacial score (nSPS) is 10.2. The molecular weight excluding hydrogens is 266 g/mol. The third-order valence-corrected chi connectivity index (χ3v) is 3.08. The summed E-state index contributed by atoms with van der Waals surface area (Å²) in [4.78, 5) is 11.1. The molecule has 0 heterocycles. The minimum Gasteiger partial charge on any atom is -0.493 e. The Morgan fingerprint density at radius 2 is 1.71 bits per heavy atom. The summed E-state index contributed by atoms with van der Waals surface area (Å²) in [6.07, 6.45) is 0. The van der Waals surface area contributed by atoms with Gasteiger partial charge in [0.2, 0.25) is 0 Å². The van der Waals surface area contributed by atoms with Crippen LogP contribution in [0.3, 0.4) is 0 Å². The lowest BCUT2D eigenvalue weighted by molar-refractivity contribution is -0.686. The molecule has 21 heavy (non-hydrogen) atoms. The van der Waals surface area contributed by atoms with E-state index in [4.69, 9.17) is 9.47 Å². The van der Waals surface area contributed by atoms with Gasteiger partial charge in [-0.05, 0) is 18.2 Å². The summed E-state index contributed by atoms with van der Waals surface area (Å²) in [7, 11) is 1.56. The van der Waals surface area contributed by atoms with Gasteiger partial charge in [-0.3, -0.25) is 4.79 Å². The SMILES string of the molecule is COc1ccc(C[NH2+]Cc2ccccc2)cc1OC(C)=O. The Balaban J connectivity index is 1.98. The molecule has 2 N–H and O–H groups in total. The highest BCUT2D eigenvalue weighted by molar-refractivity contribution is 5.70. The van der Waals surface area contributed by atoms with Crippen LogP contribution in [0.15, 0.2) is 48.5 Å². The maximum Gasteiger partial charge on any atom is 0.308 e. The van der Waals surface area contributed by atoms with Crippen molar-refractivity contribution in [3.8, 4) is 11.5 Å². The van der Waals surface area contributed by atoms with Crippen LogP contribution in [0, 0.1) is 0 Å². The van der Waals surface area contributed by atoms with Crippen molar-refractivity contribution in [1.82, 2.24) is 0 Å². The average Bonchev–Trinajstić information content (AvgIpc) is 2.48. The van der Waals surface area contributed by atoms with E-state index in [0.717, 1.165) is 18.7 Å². The molecule has 0 aliphatic carbocycles. The lowest BCUT2D eigenvalue weighted by Crippen LogP contribution is -2.80. The van der Waals surface area contributed by atoms with Crippen LogP contribution < -0.4 is 14.8 Å². The summed E-state index contributed by atoms with van der Waals surface area (Å²) in [5.74, 6) is 0.686. The number of esters is 1. The van der Waals surface area contributed by atoms with Gasteiger partial charge >= 0.3 is 5.97 Å². The molecule has 2 aromatic rings. The van der Waals surface area contributed by atoms with E-state index in [1.165, 1.54) is 12.5 Å². The number of nitrogens with two attached hydrogens (primary N) is 1. The Labute approximate surface area is 124 Å². The summed E-state index contributed by atoms with van der Waals surface area (Å²) in [5.41, 5.74) is 2.37. The van der Waals surface area contributed by atoms with Gasteiger partial charge in [0.05, 0.1) is 7.11 Å². The van der Waals surface area contributed by atoms with E-state index < -0.39 is 0 Å². The number of ether oxygens (including phenoxy) is 2. The smallest absolute Gasteiger partial charge is 0.308 e. The monoisotopic (exact) mass is 286 g/mol. The summed E-state index contributed by atoms with van der Waals surface area (Å²) in [6, 6.07) is 16.0. The first-order valence-electron chi connectivity index (χ1n) is 6.90. The third kappa shape index (κ3) is 4.61. The maximum absolute atomic E-state index is 11.1. The van der Waals surface area contributed by atoms with Crippen LogP contribution >= 0.6 is 0 Å². The zero-order chi connectivity index (χ0) is 15.1. The number of rotatable bonds is 6. The number of methoxy groups -OCH3 is 1. The van der Waals surface area contributed by atoms with Gasteiger partial charge < -0.3 is 14.8 Å². The van der Waals surface area contributed by atoms with E-state index in [-0.39, 0.29) is 5.97 Å². The van der Waals surface area contributed by atoms with Crippen LogP contribution in [-0.2, 0) is 17.9 Å². The number of quaternary nitrogens is 1. The van der Waals surface area contributed by atoms with Crippen molar-refractivity contribution in [2.24, 2.45) is 0 Å². The minimum absolute atomic E-state index is 0.348. The fraction of sp³-hybridized carbons (Fsp3) is 0.235. The van der Waals surface area contributed by atoms with E-state index in [9.17, 15) is 4.79 Å². The Hall–Kier alpha value is -2.33. The van der Waals surface area contributed by atoms with Crippen molar-refractivity contribution in [3.05, 3.63) is 59.7 Å². The van der Waals surface area contributed by atoms with Gasteiger partial charge in [0, 0.05) is 18.1 Å². The third-order valence-electron chi connectivity index (χ3n) is 3.08. The molecule has 0 radical (unpaired) electrons. The molecule has 0 spiro atoms. The zero-order valence-electron chi connectivity index (χ0n) is 12.3. The Morgan fingerprint density at radius 1 is 1.00 bits per heavy atom. The summed E-state index contributed by atoms with van der Waals surface area (Å²) < 4.78 is 10.4. The van der Waals surface area contributed by atoms with Gasteiger partial charge in [-0.15, -0.1) is 0 Å². The van der Waals surface area contributed by atoms with Gasteiger partial charge in [0.1, 0.15) is 13.1 Å². The van der Waals surface area contributed by atoms with Gasteiger partial charge in [-0.2, -0.15) is 0 Å². The first-order chi connectivity index (χ1) is 10.2. The predicted octanol–water partition coefficient (Wildman–Crippen LogP) is 1.88.